The molecule has 2 atom stereocenters. The number of halogens is 1. The van der Waals surface area contributed by atoms with Crippen molar-refractivity contribution in [3.63, 3.8) is 0 Å². The van der Waals surface area contributed by atoms with Crippen LogP contribution in [0.4, 0.5) is 0 Å². The van der Waals surface area contributed by atoms with Crippen molar-refractivity contribution in [3.8, 4) is 11.3 Å². The molecule has 0 unspecified atom stereocenters. The average molecular weight is 418 g/mol. The molecule has 156 valence electrons. The van der Waals surface area contributed by atoms with E-state index < -0.39 is 6.04 Å². The van der Waals surface area contributed by atoms with Gasteiger partial charge in [-0.25, -0.2) is 0 Å². The van der Waals surface area contributed by atoms with Gasteiger partial charge in [0.15, 0.2) is 11.5 Å². The van der Waals surface area contributed by atoms with Crippen molar-refractivity contribution in [2.45, 2.75) is 52.6 Å². The third-order valence-electron chi connectivity index (χ3n) is 5.01. The summed E-state index contributed by atoms with van der Waals surface area (Å²) in [5, 5.41) is 7.69. The van der Waals surface area contributed by atoms with Crippen LogP contribution in [0.5, 0.6) is 0 Å². The van der Waals surface area contributed by atoms with Crippen molar-refractivity contribution < 1.29 is 14.1 Å². The summed E-state index contributed by atoms with van der Waals surface area (Å²) in [7, 11) is 0. The van der Waals surface area contributed by atoms with Crippen LogP contribution >= 0.6 is 11.6 Å². The van der Waals surface area contributed by atoms with E-state index in [0.717, 1.165) is 12.0 Å². The summed E-state index contributed by atoms with van der Waals surface area (Å²) in [4.78, 5) is 27.7. The van der Waals surface area contributed by atoms with Gasteiger partial charge in [0, 0.05) is 29.2 Å². The summed E-state index contributed by atoms with van der Waals surface area (Å²) >= 11 is 5.93. The van der Waals surface area contributed by atoms with Crippen LogP contribution in [0, 0.1) is 11.8 Å². The summed E-state index contributed by atoms with van der Waals surface area (Å²) in [6.45, 7) is 8.78. The van der Waals surface area contributed by atoms with Gasteiger partial charge in [-0.05, 0) is 48.9 Å². The summed E-state index contributed by atoms with van der Waals surface area (Å²) in [6.07, 6.45) is 1.42. The number of hydrogen-bond donors (Lipinski definition) is 1. The first-order valence-corrected chi connectivity index (χ1v) is 10.5. The second kappa shape index (κ2) is 8.99. The molecule has 0 saturated carbocycles. The molecule has 29 heavy (non-hydrogen) atoms. The molecule has 0 radical (unpaired) electrons. The largest absolute Gasteiger partial charge is 0.355 e. The van der Waals surface area contributed by atoms with E-state index in [4.69, 9.17) is 16.1 Å². The quantitative estimate of drug-likeness (QED) is 0.755. The maximum absolute atomic E-state index is 13.3. The van der Waals surface area contributed by atoms with Crippen LogP contribution in [0.1, 0.15) is 51.0 Å². The minimum atomic E-state index is -0.499. The van der Waals surface area contributed by atoms with Gasteiger partial charge in [0.2, 0.25) is 5.91 Å². The topological polar surface area (TPSA) is 75.4 Å². The van der Waals surface area contributed by atoms with Crippen molar-refractivity contribution in [2.75, 3.05) is 6.54 Å². The van der Waals surface area contributed by atoms with E-state index in [-0.39, 0.29) is 29.5 Å². The lowest BCUT2D eigenvalue weighted by Gasteiger charge is -2.40. The Bertz CT molecular complexity index is 860. The Balaban J connectivity index is 1.85. The Morgan fingerprint density at radius 1 is 1.21 bits per heavy atom. The van der Waals surface area contributed by atoms with E-state index in [1.165, 1.54) is 0 Å². The van der Waals surface area contributed by atoms with Gasteiger partial charge in [-0.3, -0.25) is 9.59 Å². The lowest BCUT2D eigenvalue weighted by molar-refractivity contribution is -0.130. The van der Waals surface area contributed by atoms with Crippen LogP contribution in [0.25, 0.3) is 11.3 Å². The lowest BCUT2D eigenvalue weighted by atomic mass is 9.94. The maximum Gasteiger partial charge on any atom is 0.276 e. The maximum atomic E-state index is 13.3. The SMILES string of the molecule is CC(C)C[C@H]1CN(C(=O)c2cc(-c3ccc(Cl)cc3)on2)[C@@H](CC(C)C)C(=O)N1. The van der Waals surface area contributed by atoms with Crippen LogP contribution < -0.4 is 5.32 Å². The van der Waals surface area contributed by atoms with E-state index in [1.807, 2.05) is 26.0 Å². The first-order valence-electron chi connectivity index (χ1n) is 10.1. The number of piperazine rings is 1. The minimum absolute atomic E-state index is 0.0579. The molecule has 1 N–H and O–H groups in total. The molecular weight excluding hydrogens is 390 g/mol. The Labute approximate surface area is 176 Å². The van der Waals surface area contributed by atoms with Gasteiger partial charge >= 0.3 is 0 Å². The zero-order valence-corrected chi connectivity index (χ0v) is 18.1. The lowest BCUT2D eigenvalue weighted by Crippen LogP contribution is -2.62. The predicted octanol–water partition coefficient (Wildman–Crippen LogP) is 4.40. The number of nitrogens with zero attached hydrogens (tertiary/aromatic N) is 2. The van der Waals surface area contributed by atoms with Crippen molar-refractivity contribution in [1.82, 2.24) is 15.4 Å². The van der Waals surface area contributed by atoms with E-state index in [0.29, 0.717) is 29.7 Å². The van der Waals surface area contributed by atoms with Crippen LogP contribution in [-0.4, -0.2) is 40.5 Å². The molecular formula is C22H28ClN3O3. The van der Waals surface area contributed by atoms with Gasteiger partial charge in [0.25, 0.3) is 5.91 Å². The summed E-state index contributed by atoms with van der Waals surface area (Å²) in [6, 6.07) is 8.20. The van der Waals surface area contributed by atoms with Gasteiger partial charge in [-0.2, -0.15) is 0 Å². The fraction of sp³-hybridized carbons (Fsp3) is 0.500. The number of amides is 2. The molecule has 1 aliphatic heterocycles. The van der Waals surface area contributed by atoms with E-state index >= 15 is 0 Å². The highest BCUT2D eigenvalue weighted by Crippen LogP contribution is 2.25. The molecule has 1 aliphatic rings. The highest BCUT2D eigenvalue weighted by Gasteiger charge is 2.38. The number of aromatic nitrogens is 1. The van der Waals surface area contributed by atoms with Crippen molar-refractivity contribution >= 4 is 23.4 Å². The molecule has 7 heteroatoms. The van der Waals surface area contributed by atoms with Crippen LogP contribution in [0.2, 0.25) is 5.02 Å². The van der Waals surface area contributed by atoms with Gasteiger partial charge < -0.3 is 14.7 Å². The fourth-order valence-corrected chi connectivity index (χ4v) is 3.86. The monoisotopic (exact) mass is 417 g/mol. The normalized spacial score (nSPS) is 19.7. The molecule has 2 amide bonds. The second-order valence-corrected chi connectivity index (χ2v) is 8.96. The average Bonchev–Trinajstić information content (AvgIpc) is 3.13. The van der Waals surface area contributed by atoms with Crippen LogP contribution in [-0.2, 0) is 4.79 Å². The zero-order valence-electron chi connectivity index (χ0n) is 17.3. The zero-order chi connectivity index (χ0) is 21.1. The molecule has 1 aromatic carbocycles. The summed E-state index contributed by atoms with van der Waals surface area (Å²) < 4.78 is 5.40. The molecule has 1 saturated heterocycles. The predicted molar refractivity (Wildman–Crippen MR) is 113 cm³/mol. The number of benzene rings is 1. The Morgan fingerprint density at radius 3 is 2.48 bits per heavy atom. The highest BCUT2D eigenvalue weighted by molar-refractivity contribution is 6.30. The Hall–Kier alpha value is -2.34. The van der Waals surface area contributed by atoms with Crippen LogP contribution in [0.15, 0.2) is 34.9 Å². The second-order valence-electron chi connectivity index (χ2n) is 8.52. The molecule has 0 spiro atoms. The van der Waals surface area contributed by atoms with Crippen molar-refractivity contribution in [2.24, 2.45) is 11.8 Å². The molecule has 0 bridgehead atoms. The summed E-state index contributed by atoms with van der Waals surface area (Å²) in [5.41, 5.74) is 0.996. The fourth-order valence-electron chi connectivity index (χ4n) is 3.73. The molecule has 2 aromatic rings. The number of carbonyl (C=O) groups excluding carboxylic acids is 2. The Morgan fingerprint density at radius 2 is 1.86 bits per heavy atom. The standard InChI is InChI=1S/C22H28ClN3O3/c1-13(2)9-17-12-26(19(10-14(3)4)21(27)24-17)22(28)18-11-20(29-25-18)15-5-7-16(23)8-6-15/h5-8,11,13-14,17,19H,9-10,12H2,1-4H3,(H,24,27)/t17-,19-/m0/s1. The third-order valence-corrected chi connectivity index (χ3v) is 5.26. The van der Waals surface area contributed by atoms with E-state index in [1.54, 1.807) is 23.1 Å². The molecule has 3 rings (SSSR count). The molecule has 1 aromatic heterocycles. The van der Waals surface area contributed by atoms with Gasteiger partial charge in [0.1, 0.15) is 6.04 Å². The van der Waals surface area contributed by atoms with Crippen LogP contribution in [0.3, 0.4) is 0 Å². The number of hydrogen-bond acceptors (Lipinski definition) is 4. The minimum Gasteiger partial charge on any atom is -0.355 e. The smallest absolute Gasteiger partial charge is 0.276 e. The molecule has 2 heterocycles. The molecule has 0 aliphatic carbocycles. The van der Waals surface area contributed by atoms with Gasteiger partial charge in [-0.15, -0.1) is 0 Å². The molecule has 1 fully saturated rings. The number of nitrogens with one attached hydrogen (secondary N) is 1. The van der Waals surface area contributed by atoms with E-state index in [2.05, 4.69) is 24.3 Å². The van der Waals surface area contributed by atoms with Crippen molar-refractivity contribution in [3.05, 3.63) is 41.0 Å². The van der Waals surface area contributed by atoms with E-state index in [9.17, 15) is 9.59 Å². The van der Waals surface area contributed by atoms with Gasteiger partial charge in [0.05, 0.1) is 0 Å². The first-order chi connectivity index (χ1) is 13.7. The van der Waals surface area contributed by atoms with Gasteiger partial charge in [-0.1, -0.05) is 44.5 Å². The highest BCUT2D eigenvalue weighted by atomic mass is 35.5. The Kier molecular flexibility index (Phi) is 6.63. The summed E-state index contributed by atoms with van der Waals surface area (Å²) in [5.74, 6) is 0.825. The number of rotatable bonds is 6. The molecule has 6 nitrogen and oxygen atoms in total. The number of carbonyl (C=O) groups is 2. The third kappa shape index (κ3) is 5.18. The van der Waals surface area contributed by atoms with Crippen molar-refractivity contribution in [1.29, 1.82) is 0 Å². The first kappa shape index (κ1) is 21.4.